The van der Waals surface area contributed by atoms with Gasteiger partial charge in [0, 0.05) is 25.2 Å². The Labute approximate surface area is 192 Å². The Balaban J connectivity index is 1.40. The molecule has 10 heteroatoms. The molecule has 0 bridgehead atoms. The molecule has 1 amide bonds. The number of sulfonamides is 1. The van der Waals surface area contributed by atoms with Gasteiger partial charge in [-0.25, -0.2) is 12.8 Å². The summed E-state index contributed by atoms with van der Waals surface area (Å²) in [4.78, 5) is 18.9. The van der Waals surface area contributed by atoms with Crippen LogP contribution in [0, 0.1) is 5.82 Å². The molecule has 3 atom stereocenters. The lowest BCUT2D eigenvalue weighted by Crippen LogP contribution is -2.45. The number of benzene rings is 2. The molecule has 2 heterocycles. The van der Waals surface area contributed by atoms with Crippen molar-refractivity contribution in [3.63, 3.8) is 0 Å². The second-order valence-corrected chi connectivity index (χ2v) is 10.1. The Morgan fingerprint density at radius 3 is 2.64 bits per heavy atom. The van der Waals surface area contributed by atoms with Crippen molar-refractivity contribution in [2.24, 2.45) is 4.99 Å². The first-order chi connectivity index (χ1) is 15.6. The monoisotopic (exact) mass is 474 g/mol. The van der Waals surface area contributed by atoms with Crippen molar-refractivity contribution < 1.29 is 22.3 Å². The minimum Gasteiger partial charge on any atom is -0.372 e. The van der Waals surface area contributed by atoms with Crippen molar-refractivity contribution in [2.45, 2.75) is 50.5 Å². The number of hydrogen-bond acceptors (Lipinski definition) is 6. The van der Waals surface area contributed by atoms with Crippen LogP contribution in [0.3, 0.4) is 0 Å². The minimum atomic E-state index is -3.67. The summed E-state index contributed by atoms with van der Waals surface area (Å²) in [5.41, 5.74) is 1.56. The first kappa shape index (κ1) is 23.2. The number of aliphatic imine (C=N–C) groups is 1. The first-order valence-corrected chi connectivity index (χ1v) is 12.3. The van der Waals surface area contributed by atoms with Crippen LogP contribution in [0.4, 0.5) is 10.1 Å². The molecular formula is C23H27FN4O4S. The van der Waals surface area contributed by atoms with Gasteiger partial charge in [0.15, 0.2) is 0 Å². The summed E-state index contributed by atoms with van der Waals surface area (Å²) in [6, 6.07) is 10.5. The van der Waals surface area contributed by atoms with Crippen LogP contribution in [0.5, 0.6) is 0 Å². The van der Waals surface area contributed by atoms with Crippen LogP contribution in [0.1, 0.15) is 31.9 Å². The van der Waals surface area contributed by atoms with Crippen LogP contribution in [-0.2, 0) is 26.1 Å². The van der Waals surface area contributed by atoms with Crippen molar-refractivity contribution in [1.29, 1.82) is 0 Å². The molecular weight excluding hydrogens is 447 g/mol. The number of anilines is 1. The van der Waals surface area contributed by atoms with Gasteiger partial charge in [0.25, 0.3) is 10.0 Å². The number of morpholine rings is 1. The van der Waals surface area contributed by atoms with E-state index in [1.807, 2.05) is 18.7 Å². The maximum Gasteiger partial charge on any atom is 0.263 e. The number of amides is 1. The van der Waals surface area contributed by atoms with Crippen molar-refractivity contribution in [2.75, 3.05) is 18.0 Å². The number of fused-ring (bicyclic) bond motifs is 1. The van der Waals surface area contributed by atoms with Gasteiger partial charge in [-0.2, -0.15) is 0 Å². The molecule has 4 rings (SSSR count). The third-order valence-corrected chi connectivity index (χ3v) is 7.00. The molecule has 33 heavy (non-hydrogen) atoms. The zero-order chi connectivity index (χ0) is 23.8. The van der Waals surface area contributed by atoms with Gasteiger partial charge in [-0.1, -0.05) is 18.2 Å². The number of amidine groups is 1. The smallest absolute Gasteiger partial charge is 0.263 e. The summed E-state index contributed by atoms with van der Waals surface area (Å²) in [7, 11) is -3.67. The third kappa shape index (κ3) is 5.01. The van der Waals surface area contributed by atoms with Gasteiger partial charge in [-0.3, -0.25) is 14.5 Å². The van der Waals surface area contributed by atoms with Crippen LogP contribution < -0.4 is 14.9 Å². The average molecular weight is 475 g/mol. The fourth-order valence-corrected chi connectivity index (χ4v) is 5.35. The third-order valence-electron chi connectivity index (χ3n) is 5.60. The van der Waals surface area contributed by atoms with Gasteiger partial charge in [-0.05, 0) is 50.6 Å². The molecule has 2 aromatic carbocycles. The maximum atomic E-state index is 14.8. The normalized spacial score (nSPS) is 23.6. The fourth-order valence-electron chi connectivity index (χ4n) is 4.11. The number of nitrogens with one attached hydrogen (secondary N) is 2. The molecule has 2 aliphatic heterocycles. The standard InChI is InChI=1S/C23H27FN4O4S/c1-14-12-28(13-15(2)32-14)20-9-8-17(10-19(20)24)11-25-23(29)16(3)26-22-18-6-4-5-7-21(18)33(30,31)27-22/h4-10,14-16H,11-13H2,1-3H3,(H,25,29)(H,26,27)/t14?,15?,16-/m0/s1. The Kier molecular flexibility index (Phi) is 6.40. The number of rotatable bonds is 5. The van der Waals surface area contributed by atoms with Crippen LogP contribution in [0.25, 0.3) is 0 Å². The van der Waals surface area contributed by atoms with Crippen LogP contribution in [0.15, 0.2) is 52.4 Å². The fraction of sp³-hybridized carbons (Fsp3) is 0.391. The van der Waals surface area contributed by atoms with Crippen molar-refractivity contribution in [1.82, 2.24) is 10.0 Å². The second kappa shape index (κ2) is 9.11. The van der Waals surface area contributed by atoms with Crippen LogP contribution in [-0.4, -0.2) is 51.5 Å². The number of halogens is 1. The van der Waals surface area contributed by atoms with E-state index < -0.39 is 22.0 Å². The quantitative estimate of drug-likeness (QED) is 0.692. The van der Waals surface area contributed by atoms with Gasteiger partial charge in [-0.15, -0.1) is 0 Å². The van der Waals surface area contributed by atoms with E-state index in [1.165, 1.54) is 12.1 Å². The molecule has 1 saturated heterocycles. The SMILES string of the molecule is CC1CN(c2ccc(CNC(=O)[C@H](C)N=C3NS(=O)(=O)c4ccccc43)cc2F)CC(C)O1. The molecule has 0 spiro atoms. The van der Waals surface area contributed by atoms with Gasteiger partial charge >= 0.3 is 0 Å². The zero-order valence-corrected chi connectivity index (χ0v) is 19.5. The lowest BCUT2D eigenvalue weighted by molar-refractivity contribution is -0.122. The molecule has 2 aromatic rings. The molecule has 0 aliphatic carbocycles. The van der Waals surface area contributed by atoms with Crippen LogP contribution >= 0.6 is 0 Å². The predicted molar refractivity (Wildman–Crippen MR) is 123 cm³/mol. The van der Waals surface area contributed by atoms with E-state index in [1.54, 1.807) is 37.3 Å². The van der Waals surface area contributed by atoms with Crippen molar-refractivity contribution >= 4 is 27.5 Å². The molecule has 0 saturated carbocycles. The molecule has 0 aromatic heterocycles. The topological polar surface area (TPSA) is 100 Å². The lowest BCUT2D eigenvalue weighted by Gasteiger charge is -2.37. The minimum absolute atomic E-state index is 0.0199. The molecule has 2 aliphatic rings. The largest absolute Gasteiger partial charge is 0.372 e. The highest BCUT2D eigenvalue weighted by Crippen LogP contribution is 2.25. The highest BCUT2D eigenvalue weighted by molar-refractivity contribution is 7.90. The number of hydrogen-bond donors (Lipinski definition) is 2. The van der Waals surface area contributed by atoms with E-state index in [4.69, 9.17) is 4.74 Å². The summed E-state index contributed by atoms with van der Waals surface area (Å²) in [5.74, 6) is -0.614. The van der Waals surface area contributed by atoms with Crippen molar-refractivity contribution in [3.8, 4) is 0 Å². The Hall–Kier alpha value is -2.98. The summed E-state index contributed by atoms with van der Waals surface area (Å²) < 4.78 is 47.3. The van der Waals surface area contributed by atoms with E-state index in [2.05, 4.69) is 15.0 Å². The molecule has 176 valence electrons. The van der Waals surface area contributed by atoms with Gasteiger partial charge in [0.2, 0.25) is 5.91 Å². The molecule has 1 fully saturated rings. The van der Waals surface area contributed by atoms with Crippen molar-refractivity contribution in [3.05, 3.63) is 59.4 Å². The number of ether oxygens (including phenoxy) is 1. The lowest BCUT2D eigenvalue weighted by atomic mass is 10.1. The van der Waals surface area contributed by atoms with E-state index in [0.717, 1.165) is 0 Å². The second-order valence-electron chi connectivity index (χ2n) is 8.42. The van der Waals surface area contributed by atoms with E-state index >= 15 is 0 Å². The predicted octanol–water partition coefficient (Wildman–Crippen LogP) is 2.18. The molecule has 2 N–H and O–H groups in total. The summed E-state index contributed by atoms with van der Waals surface area (Å²) >= 11 is 0. The Morgan fingerprint density at radius 2 is 1.94 bits per heavy atom. The maximum absolute atomic E-state index is 14.8. The number of nitrogens with zero attached hydrogens (tertiary/aromatic N) is 2. The number of carbonyl (C=O) groups is 1. The Bertz CT molecular complexity index is 1190. The summed E-state index contributed by atoms with van der Waals surface area (Å²) in [5, 5.41) is 2.73. The van der Waals surface area contributed by atoms with E-state index in [-0.39, 0.29) is 35.3 Å². The van der Waals surface area contributed by atoms with Gasteiger partial charge < -0.3 is 15.0 Å². The highest BCUT2D eigenvalue weighted by atomic mass is 32.2. The van der Waals surface area contributed by atoms with Gasteiger partial charge in [0.1, 0.15) is 17.7 Å². The van der Waals surface area contributed by atoms with E-state index in [0.29, 0.717) is 29.9 Å². The number of carbonyl (C=O) groups excluding carboxylic acids is 1. The first-order valence-electron chi connectivity index (χ1n) is 10.8. The molecule has 8 nitrogen and oxygen atoms in total. The molecule has 0 radical (unpaired) electrons. The summed E-state index contributed by atoms with van der Waals surface area (Å²) in [6.07, 6.45) is 0.0399. The highest BCUT2D eigenvalue weighted by Gasteiger charge is 2.31. The zero-order valence-electron chi connectivity index (χ0n) is 18.7. The Morgan fingerprint density at radius 1 is 1.24 bits per heavy atom. The summed E-state index contributed by atoms with van der Waals surface area (Å²) in [6.45, 7) is 6.85. The molecule has 2 unspecified atom stereocenters. The van der Waals surface area contributed by atoms with Crippen LogP contribution in [0.2, 0.25) is 0 Å². The van der Waals surface area contributed by atoms with E-state index in [9.17, 15) is 17.6 Å². The average Bonchev–Trinajstić information content (AvgIpc) is 3.01. The van der Waals surface area contributed by atoms with Gasteiger partial charge in [0.05, 0.1) is 22.8 Å².